The van der Waals surface area contributed by atoms with Gasteiger partial charge in [0.15, 0.2) is 7.14 Å². The molecule has 8 aromatic carbocycles. The molecule has 0 bridgehead atoms. The molecule has 0 saturated carbocycles. The van der Waals surface area contributed by atoms with Gasteiger partial charge in [0.2, 0.25) is 0 Å². The van der Waals surface area contributed by atoms with Crippen molar-refractivity contribution in [2.45, 2.75) is 32.6 Å². The van der Waals surface area contributed by atoms with E-state index in [9.17, 15) is 5.26 Å². The van der Waals surface area contributed by atoms with Crippen LogP contribution in [0.25, 0.3) is 71.6 Å². The summed E-state index contributed by atoms with van der Waals surface area (Å²) in [5.41, 5.74) is 12.6. The third-order valence-electron chi connectivity index (χ3n) is 12.4. The average molecular weight is 738 g/mol. The van der Waals surface area contributed by atoms with Gasteiger partial charge >= 0.3 is 0 Å². The quantitative estimate of drug-likeness (QED) is 0.133. The Kier molecular flexibility index (Phi) is 6.89. The van der Waals surface area contributed by atoms with Gasteiger partial charge in [-0.05, 0) is 96.9 Å². The zero-order chi connectivity index (χ0) is 37.9. The van der Waals surface area contributed by atoms with Gasteiger partial charge in [0.05, 0.1) is 28.4 Å². The van der Waals surface area contributed by atoms with Crippen LogP contribution < -0.4 is 15.9 Å². The predicted octanol–water partition coefficient (Wildman–Crippen LogP) is 11.4. The lowest BCUT2D eigenvalue weighted by atomic mass is 9.80. The Labute approximate surface area is 325 Å². The zero-order valence-electron chi connectivity index (χ0n) is 31.3. The summed E-state index contributed by atoms with van der Waals surface area (Å²) in [6.45, 7) is 6.69. The van der Waals surface area contributed by atoms with E-state index in [1.165, 1.54) is 27.8 Å². The molecule has 1 unspecified atom stereocenters. The summed E-state index contributed by atoms with van der Waals surface area (Å²) < 4.78 is 18.4. The van der Waals surface area contributed by atoms with Crippen LogP contribution in [-0.2, 0) is 16.4 Å². The summed E-state index contributed by atoms with van der Waals surface area (Å²) in [7, 11) is -3.32. The predicted molar refractivity (Wildman–Crippen MR) is 232 cm³/mol. The van der Waals surface area contributed by atoms with Gasteiger partial charge < -0.3 is 4.57 Å². The summed E-state index contributed by atoms with van der Waals surface area (Å²) in [4.78, 5) is 5.16. The molecule has 5 heteroatoms. The maximum atomic E-state index is 16.1. The van der Waals surface area contributed by atoms with E-state index in [0.29, 0.717) is 5.56 Å². The summed E-state index contributed by atoms with van der Waals surface area (Å²) in [5.74, 6) is 0.953. The van der Waals surface area contributed by atoms with E-state index in [1.807, 2.05) is 48.5 Å². The lowest BCUT2D eigenvalue weighted by molar-refractivity contribution is 0.592. The van der Waals surface area contributed by atoms with E-state index in [0.717, 1.165) is 83.1 Å². The standard InChI is InChI=1S/C51H36N3OP/c1-4-46-53-43-21-13-23-45-50(43)54(46)49-40(20-12-22-44(49)56(45,55)33-14-6-5-7-15-33)48-38-18-10-8-16-36(38)47(37-17-9-11-19-39(37)48)32-25-27-35-34-26-24-31(30-52)28-41(34)51(2,3)42(35)29-32/h5-29H,4H2,1-3H3. The molecule has 0 radical (unpaired) electrons. The maximum absolute atomic E-state index is 16.1. The van der Waals surface area contributed by atoms with E-state index in [2.05, 4.69) is 135 Å². The van der Waals surface area contributed by atoms with Gasteiger partial charge in [0.1, 0.15) is 5.82 Å². The highest BCUT2D eigenvalue weighted by Gasteiger charge is 2.41. The van der Waals surface area contributed by atoms with Crippen molar-refractivity contribution in [2.24, 2.45) is 0 Å². The fourth-order valence-corrected chi connectivity index (χ4v) is 12.9. The Morgan fingerprint density at radius 1 is 0.643 bits per heavy atom. The van der Waals surface area contributed by atoms with Crippen LogP contribution in [-0.4, -0.2) is 9.55 Å². The lowest BCUT2D eigenvalue weighted by Gasteiger charge is -2.31. The molecule has 11 rings (SSSR count). The molecule has 4 nitrogen and oxygen atoms in total. The number of hydrogen-bond acceptors (Lipinski definition) is 3. The number of aryl methyl sites for hydroxylation is 1. The van der Waals surface area contributed by atoms with Crippen LogP contribution in [0.2, 0.25) is 0 Å². The number of para-hydroxylation sites is 2. The van der Waals surface area contributed by atoms with Crippen LogP contribution in [0.15, 0.2) is 152 Å². The van der Waals surface area contributed by atoms with Gasteiger partial charge in [-0.3, -0.25) is 4.57 Å². The summed E-state index contributed by atoms with van der Waals surface area (Å²) >= 11 is 0. The van der Waals surface area contributed by atoms with Crippen LogP contribution in [0.5, 0.6) is 0 Å². The third kappa shape index (κ3) is 4.24. The number of rotatable bonds is 4. The summed E-state index contributed by atoms with van der Waals surface area (Å²) in [6.07, 6.45) is 0.730. The highest BCUT2D eigenvalue weighted by Crippen LogP contribution is 2.54. The first-order chi connectivity index (χ1) is 27.3. The Balaban J connectivity index is 1.23. The van der Waals surface area contributed by atoms with Crippen molar-refractivity contribution in [3.63, 3.8) is 0 Å². The van der Waals surface area contributed by atoms with E-state index < -0.39 is 7.14 Å². The van der Waals surface area contributed by atoms with Crippen LogP contribution in [0, 0.1) is 11.3 Å². The highest BCUT2D eigenvalue weighted by molar-refractivity contribution is 7.86. The van der Waals surface area contributed by atoms with Crippen molar-refractivity contribution in [1.29, 1.82) is 5.26 Å². The van der Waals surface area contributed by atoms with Gasteiger partial charge in [-0.2, -0.15) is 5.26 Å². The molecule has 0 saturated heterocycles. The Hall–Kier alpha value is -6.53. The molecule has 1 atom stereocenters. The second-order valence-electron chi connectivity index (χ2n) is 15.6. The lowest BCUT2D eigenvalue weighted by Crippen LogP contribution is -2.33. The molecular formula is C51H36N3OP. The van der Waals surface area contributed by atoms with Gasteiger partial charge in [-0.1, -0.05) is 136 Å². The van der Waals surface area contributed by atoms with E-state index in [1.54, 1.807) is 0 Å². The molecule has 56 heavy (non-hydrogen) atoms. The Morgan fingerprint density at radius 2 is 1.25 bits per heavy atom. The number of nitrogens with zero attached hydrogens (tertiary/aromatic N) is 3. The Morgan fingerprint density at radius 3 is 1.93 bits per heavy atom. The van der Waals surface area contributed by atoms with Gasteiger partial charge in [-0.15, -0.1) is 0 Å². The number of nitriles is 1. The molecule has 0 spiro atoms. The molecule has 2 aliphatic rings. The second-order valence-corrected chi connectivity index (χ2v) is 18.3. The molecule has 9 aromatic rings. The van der Waals surface area contributed by atoms with Gasteiger partial charge in [-0.25, -0.2) is 4.98 Å². The van der Waals surface area contributed by atoms with Crippen molar-refractivity contribution >= 4 is 55.6 Å². The fraction of sp³-hybridized carbons (Fsp3) is 0.0980. The van der Waals surface area contributed by atoms with Crippen LogP contribution >= 0.6 is 7.14 Å². The second kappa shape index (κ2) is 11.7. The first-order valence-electron chi connectivity index (χ1n) is 19.3. The SMILES string of the molecule is CCc1nc2cccc3c2n1-c1c(-c2c4ccccc4c(-c4ccc5c(c4)C(C)(C)c4cc(C#N)ccc4-5)c4ccccc24)cccc1P3(=O)c1ccccc1. The number of fused-ring (bicyclic) bond motifs is 7. The molecular weight excluding hydrogens is 702 g/mol. The first kappa shape index (κ1) is 32.9. The van der Waals surface area contributed by atoms with E-state index in [4.69, 9.17) is 4.98 Å². The van der Waals surface area contributed by atoms with Gasteiger partial charge in [0.25, 0.3) is 0 Å². The van der Waals surface area contributed by atoms with Crippen molar-refractivity contribution in [3.8, 4) is 45.1 Å². The largest absolute Gasteiger partial charge is 0.308 e. The molecule has 1 aromatic heterocycles. The minimum Gasteiger partial charge on any atom is -0.308 e. The zero-order valence-corrected chi connectivity index (χ0v) is 32.2. The normalized spacial score (nSPS) is 16.1. The number of benzene rings is 8. The van der Waals surface area contributed by atoms with Crippen molar-refractivity contribution in [3.05, 3.63) is 174 Å². The van der Waals surface area contributed by atoms with E-state index >= 15 is 4.57 Å². The molecule has 0 amide bonds. The van der Waals surface area contributed by atoms with Crippen LogP contribution in [0.3, 0.4) is 0 Å². The van der Waals surface area contributed by atoms with Gasteiger partial charge in [0, 0.05) is 33.3 Å². The van der Waals surface area contributed by atoms with Crippen LogP contribution in [0.1, 0.15) is 43.3 Å². The Bertz CT molecular complexity index is 3200. The maximum Gasteiger partial charge on any atom is 0.175 e. The summed E-state index contributed by atoms with van der Waals surface area (Å²) in [5, 5.41) is 16.8. The summed E-state index contributed by atoms with van der Waals surface area (Å²) in [6, 6.07) is 55.3. The minimum absolute atomic E-state index is 0.266. The molecule has 0 N–H and O–H groups in total. The monoisotopic (exact) mass is 737 g/mol. The topological polar surface area (TPSA) is 58.7 Å². The molecule has 0 fully saturated rings. The molecule has 266 valence electrons. The first-order valence-corrected chi connectivity index (χ1v) is 21.0. The van der Waals surface area contributed by atoms with E-state index in [-0.39, 0.29) is 5.41 Å². The third-order valence-corrected chi connectivity index (χ3v) is 15.5. The number of hydrogen-bond donors (Lipinski definition) is 0. The number of aromatic nitrogens is 2. The minimum atomic E-state index is -3.32. The smallest absolute Gasteiger partial charge is 0.175 e. The van der Waals surface area contributed by atoms with Crippen molar-refractivity contribution < 1.29 is 4.57 Å². The molecule has 1 aliphatic carbocycles. The van der Waals surface area contributed by atoms with Crippen molar-refractivity contribution in [1.82, 2.24) is 9.55 Å². The average Bonchev–Trinajstić information content (AvgIpc) is 3.73. The van der Waals surface area contributed by atoms with Crippen LogP contribution in [0.4, 0.5) is 0 Å². The number of imidazole rings is 1. The molecule has 2 heterocycles. The molecule has 1 aliphatic heterocycles. The van der Waals surface area contributed by atoms with Crippen molar-refractivity contribution in [2.75, 3.05) is 0 Å². The fourth-order valence-electron chi connectivity index (χ4n) is 9.85. The highest BCUT2D eigenvalue weighted by atomic mass is 31.2.